The minimum Gasteiger partial charge on any atom is -0.363 e. The molecular formula is C8H14N6O4S. The predicted molar refractivity (Wildman–Crippen MR) is 69.3 cm³/mol. The van der Waals surface area contributed by atoms with E-state index in [9.17, 15) is 18.5 Å². The molecule has 1 aromatic heterocycles. The number of nitrogens with zero attached hydrogens (tertiary/aromatic N) is 3. The van der Waals surface area contributed by atoms with Crippen LogP contribution in [0.2, 0.25) is 0 Å². The maximum absolute atomic E-state index is 11.3. The van der Waals surface area contributed by atoms with Gasteiger partial charge in [0, 0.05) is 12.3 Å². The Morgan fingerprint density at radius 2 is 2.05 bits per heavy atom. The Kier molecular flexibility index (Phi) is 4.94. The van der Waals surface area contributed by atoms with Crippen molar-refractivity contribution in [2.45, 2.75) is 6.92 Å². The van der Waals surface area contributed by atoms with E-state index in [1.165, 1.54) is 6.92 Å². The second-order valence-electron chi connectivity index (χ2n) is 3.48. The Labute approximate surface area is 109 Å². The van der Waals surface area contributed by atoms with Crippen LogP contribution in [0, 0.1) is 10.1 Å². The Morgan fingerprint density at radius 1 is 1.42 bits per heavy atom. The van der Waals surface area contributed by atoms with Crippen molar-refractivity contribution < 1.29 is 13.3 Å². The Morgan fingerprint density at radius 3 is 2.58 bits per heavy atom. The van der Waals surface area contributed by atoms with E-state index in [-0.39, 0.29) is 29.7 Å². The summed E-state index contributed by atoms with van der Waals surface area (Å²) < 4.78 is 22.6. The van der Waals surface area contributed by atoms with Crippen LogP contribution in [0.15, 0.2) is 6.33 Å². The predicted octanol–water partition coefficient (Wildman–Crippen LogP) is -0.483. The molecule has 0 spiro atoms. The summed E-state index contributed by atoms with van der Waals surface area (Å²) in [7, 11) is -3.15. The second kappa shape index (κ2) is 6.24. The fourth-order valence-corrected chi connectivity index (χ4v) is 1.96. The fourth-order valence-electron chi connectivity index (χ4n) is 1.26. The number of aromatic nitrogens is 2. The van der Waals surface area contributed by atoms with Crippen LogP contribution in [0.3, 0.4) is 0 Å². The van der Waals surface area contributed by atoms with Gasteiger partial charge >= 0.3 is 5.69 Å². The third-order valence-electron chi connectivity index (χ3n) is 2.29. The first-order chi connectivity index (χ1) is 8.91. The van der Waals surface area contributed by atoms with Gasteiger partial charge in [0.15, 0.2) is 9.84 Å². The number of anilines is 2. The van der Waals surface area contributed by atoms with Crippen molar-refractivity contribution in [3.8, 4) is 0 Å². The summed E-state index contributed by atoms with van der Waals surface area (Å²) in [6.07, 6.45) is 1.08. The van der Waals surface area contributed by atoms with Gasteiger partial charge in [0.25, 0.3) is 0 Å². The highest BCUT2D eigenvalue weighted by Crippen LogP contribution is 2.27. The van der Waals surface area contributed by atoms with Crippen molar-refractivity contribution in [2.75, 3.05) is 28.8 Å². The van der Waals surface area contributed by atoms with E-state index in [1.807, 2.05) is 0 Å². The van der Waals surface area contributed by atoms with Crippen molar-refractivity contribution in [3.05, 3.63) is 16.4 Å². The number of nitrogens with two attached hydrogens (primary N) is 1. The normalized spacial score (nSPS) is 11.1. The number of rotatable bonds is 7. The molecule has 106 valence electrons. The third kappa shape index (κ3) is 3.99. The smallest absolute Gasteiger partial charge is 0.354 e. The number of hydrogen-bond acceptors (Lipinski definition) is 9. The van der Waals surface area contributed by atoms with Crippen LogP contribution < -0.4 is 16.6 Å². The molecule has 0 bridgehead atoms. The number of nitrogen functional groups attached to an aromatic ring is 1. The van der Waals surface area contributed by atoms with Crippen molar-refractivity contribution in [2.24, 2.45) is 5.84 Å². The van der Waals surface area contributed by atoms with E-state index in [4.69, 9.17) is 5.84 Å². The number of nitro groups is 1. The molecule has 0 aliphatic heterocycles. The average Bonchev–Trinajstić information content (AvgIpc) is 2.37. The molecule has 0 aliphatic rings. The van der Waals surface area contributed by atoms with E-state index in [0.717, 1.165) is 6.33 Å². The van der Waals surface area contributed by atoms with Gasteiger partial charge in [0.05, 0.1) is 10.7 Å². The van der Waals surface area contributed by atoms with Crippen LogP contribution in [0.25, 0.3) is 0 Å². The number of hydrazine groups is 1. The quantitative estimate of drug-likeness (QED) is 0.343. The van der Waals surface area contributed by atoms with Crippen LogP contribution in [-0.4, -0.2) is 41.4 Å². The van der Waals surface area contributed by atoms with Gasteiger partial charge in [-0.3, -0.25) is 10.1 Å². The molecule has 0 saturated carbocycles. The van der Waals surface area contributed by atoms with Crippen LogP contribution in [0.4, 0.5) is 17.3 Å². The Bertz CT molecular complexity index is 560. The highest BCUT2D eigenvalue weighted by molar-refractivity contribution is 7.91. The molecule has 0 amide bonds. The summed E-state index contributed by atoms with van der Waals surface area (Å²) >= 11 is 0. The molecule has 0 fully saturated rings. The molecular weight excluding hydrogens is 276 g/mol. The van der Waals surface area contributed by atoms with Gasteiger partial charge in [-0.25, -0.2) is 24.2 Å². The monoisotopic (exact) mass is 290 g/mol. The highest BCUT2D eigenvalue weighted by Gasteiger charge is 2.22. The zero-order chi connectivity index (χ0) is 14.5. The summed E-state index contributed by atoms with van der Waals surface area (Å²) in [6, 6.07) is 0. The maximum Gasteiger partial charge on any atom is 0.354 e. The molecule has 1 heterocycles. The van der Waals surface area contributed by atoms with Crippen LogP contribution in [0.5, 0.6) is 0 Å². The lowest BCUT2D eigenvalue weighted by molar-refractivity contribution is -0.383. The van der Waals surface area contributed by atoms with Gasteiger partial charge in [-0.05, 0) is 0 Å². The first kappa shape index (κ1) is 15.0. The number of sulfone groups is 1. The summed E-state index contributed by atoms with van der Waals surface area (Å²) in [5.74, 6) is 4.74. The fraction of sp³-hybridized carbons (Fsp3) is 0.500. The first-order valence-corrected chi connectivity index (χ1v) is 7.13. The van der Waals surface area contributed by atoms with Crippen molar-refractivity contribution >= 4 is 27.2 Å². The number of nitrogens with one attached hydrogen (secondary N) is 2. The zero-order valence-corrected chi connectivity index (χ0v) is 11.0. The maximum atomic E-state index is 11.3. The molecule has 10 nitrogen and oxygen atoms in total. The van der Waals surface area contributed by atoms with E-state index in [1.54, 1.807) is 0 Å². The van der Waals surface area contributed by atoms with Gasteiger partial charge in [-0.1, -0.05) is 6.92 Å². The summed E-state index contributed by atoms with van der Waals surface area (Å²) in [4.78, 5) is 17.5. The lowest BCUT2D eigenvalue weighted by atomic mass is 10.4. The summed E-state index contributed by atoms with van der Waals surface area (Å²) in [5.41, 5.74) is 1.65. The van der Waals surface area contributed by atoms with Gasteiger partial charge in [0.2, 0.25) is 11.6 Å². The molecule has 0 aliphatic carbocycles. The largest absolute Gasteiger partial charge is 0.363 e. The average molecular weight is 290 g/mol. The SMILES string of the molecule is CCS(=O)(=O)CCNc1ncnc(NN)c1[N+](=O)[O-]. The number of hydrogen-bond donors (Lipinski definition) is 3. The van der Waals surface area contributed by atoms with Crippen molar-refractivity contribution in [1.29, 1.82) is 0 Å². The van der Waals surface area contributed by atoms with Gasteiger partial charge in [0.1, 0.15) is 6.33 Å². The Balaban J connectivity index is 2.87. The Hall–Kier alpha value is -2.01. The van der Waals surface area contributed by atoms with Crippen molar-refractivity contribution in [3.63, 3.8) is 0 Å². The summed E-state index contributed by atoms with van der Waals surface area (Å²) in [5, 5.41) is 13.5. The lowest BCUT2D eigenvalue weighted by Gasteiger charge is -2.07. The zero-order valence-electron chi connectivity index (χ0n) is 10.2. The van der Waals surface area contributed by atoms with Gasteiger partial charge < -0.3 is 10.7 Å². The molecule has 0 unspecified atom stereocenters. The molecule has 4 N–H and O–H groups in total. The summed E-state index contributed by atoms with van der Waals surface area (Å²) in [6.45, 7) is 1.54. The molecule has 11 heteroatoms. The molecule has 0 atom stereocenters. The lowest BCUT2D eigenvalue weighted by Crippen LogP contribution is -2.19. The molecule has 0 radical (unpaired) electrons. The molecule has 0 saturated heterocycles. The third-order valence-corrected chi connectivity index (χ3v) is 3.99. The van der Waals surface area contributed by atoms with Crippen LogP contribution >= 0.6 is 0 Å². The highest BCUT2D eigenvalue weighted by atomic mass is 32.2. The molecule has 1 rings (SSSR count). The topological polar surface area (TPSA) is 153 Å². The first-order valence-electron chi connectivity index (χ1n) is 5.31. The standard InChI is InChI=1S/C8H14N6O4S/c1-2-19(17,18)4-3-10-7-6(14(15)16)8(13-9)12-5-11-7/h5H,2-4,9H2,1H3,(H2,10,11,12,13). The van der Waals surface area contributed by atoms with E-state index < -0.39 is 20.4 Å². The second-order valence-corrected chi connectivity index (χ2v) is 5.96. The van der Waals surface area contributed by atoms with E-state index in [0.29, 0.717) is 0 Å². The van der Waals surface area contributed by atoms with Crippen LogP contribution in [0.1, 0.15) is 6.92 Å². The minimum absolute atomic E-state index is 0.0101. The van der Waals surface area contributed by atoms with Gasteiger partial charge in [-0.2, -0.15) is 0 Å². The molecule has 19 heavy (non-hydrogen) atoms. The van der Waals surface area contributed by atoms with Gasteiger partial charge in [-0.15, -0.1) is 0 Å². The van der Waals surface area contributed by atoms with E-state index >= 15 is 0 Å². The van der Waals surface area contributed by atoms with E-state index in [2.05, 4.69) is 20.7 Å². The molecule has 0 aromatic carbocycles. The minimum atomic E-state index is -3.15. The van der Waals surface area contributed by atoms with Crippen molar-refractivity contribution in [1.82, 2.24) is 9.97 Å². The van der Waals surface area contributed by atoms with Crippen LogP contribution in [-0.2, 0) is 9.84 Å². The molecule has 1 aromatic rings.